The van der Waals surface area contributed by atoms with E-state index in [1.165, 1.54) is 0 Å². The molecule has 1 radical (unpaired) electrons. The van der Waals surface area contributed by atoms with Crippen LogP contribution < -0.4 is 29.6 Å². The molecule has 0 fully saturated rings. The first-order chi connectivity index (χ1) is 0. The van der Waals surface area contributed by atoms with Gasteiger partial charge in [0.1, 0.15) is 0 Å². The van der Waals surface area contributed by atoms with Crippen LogP contribution >= 0.6 is 41.0 Å². The van der Waals surface area contributed by atoms with Gasteiger partial charge in [0.2, 0.25) is 0 Å². The Balaban J connectivity index is 0. The fourth-order valence-corrected chi connectivity index (χ4v) is 0. The van der Waals surface area contributed by atoms with Crippen LogP contribution in [0.3, 0.4) is 0 Å². The molecule has 0 aliphatic carbocycles. The van der Waals surface area contributed by atoms with Crippen molar-refractivity contribution >= 4 is 41.0 Å². The van der Waals surface area contributed by atoms with Gasteiger partial charge in [-0.25, -0.2) is 0 Å². The largest absolute Gasteiger partial charge is 1.00 e. The van der Waals surface area contributed by atoms with Gasteiger partial charge in [0.15, 0.2) is 0 Å². The number of hydrogen-bond donors (Lipinski definition) is 0. The molecule has 0 aromatic heterocycles. The summed E-state index contributed by atoms with van der Waals surface area (Å²) in [6, 6.07) is 0. The van der Waals surface area contributed by atoms with Crippen LogP contribution in [0, 0.1) is 0 Å². The molecule has 0 saturated heterocycles. The molecule has 0 atom stereocenters. The van der Waals surface area contributed by atoms with Gasteiger partial charge in [0.05, 0.1) is 0 Å². The van der Waals surface area contributed by atoms with Crippen molar-refractivity contribution in [1.82, 2.24) is 0 Å². The summed E-state index contributed by atoms with van der Waals surface area (Å²) in [5, 5.41) is 0. The smallest absolute Gasteiger partial charge is 1.00 e. The fraction of sp³-hybridized carbons (Fsp3) is 0. The second kappa shape index (κ2) is 17.2. The summed E-state index contributed by atoms with van der Waals surface area (Å²) in [5.41, 5.74) is 0. The minimum absolute atomic E-state index is 0. The van der Waals surface area contributed by atoms with Crippen molar-refractivity contribution < 1.29 is 48.1 Å². The molecule has 0 bridgehead atoms. The van der Waals surface area contributed by atoms with Gasteiger partial charge < -0.3 is 1.43 Å². The van der Waals surface area contributed by atoms with Crippen LogP contribution in [0.15, 0.2) is 0 Å². The van der Waals surface area contributed by atoms with E-state index in [0.29, 0.717) is 0 Å². The second-order valence-corrected chi connectivity index (χ2v) is 0. The van der Waals surface area contributed by atoms with E-state index < -0.39 is 0 Å². The van der Waals surface area contributed by atoms with Gasteiger partial charge in [-0.1, -0.05) is 0 Å². The predicted molar refractivity (Wildman–Crippen MR) is 26.8 cm³/mol. The molecule has 0 unspecified atom stereocenters. The van der Waals surface area contributed by atoms with Crippen molar-refractivity contribution in [2.24, 2.45) is 0 Å². The molecule has 0 aliphatic rings. The molecule has 0 rings (SSSR count). The SMILES string of the molecule is Br.I.[Cu].[H-].[Na+]. The molecular weight excluding hydrogens is 293 g/mol. The van der Waals surface area contributed by atoms with Gasteiger partial charge in [-0.15, -0.1) is 41.0 Å². The zero-order chi connectivity index (χ0) is 0. The third-order valence-electron chi connectivity index (χ3n) is 0. The van der Waals surface area contributed by atoms with Crippen molar-refractivity contribution in [3.63, 3.8) is 0 Å². The summed E-state index contributed by atoms with van der Waals surface area (Å²) in [6.07, 6.45) is 0. The van der Waals surface area contributed by atoms with Gasteiger partial charge in [-0.05, 0) is 0 Å². The summed E-state index contributed by atoms with van der Waals surface area (Å²) in [6.45, 7) is 0. The first kappa shape index (κ1) is 29.7. The van der Waals surface area contributed by atoms with Gasteiger partial charge in [-0.2, -0.15) is 0 Å². The van der Waals surface area contributed by atoms with E-state index in [0.717, 1.165) is 0 Å². The minimum Gasteiger partial charge on any atom is -1.00 e. The molecule has 0 nitrogen and oxygen atoms in total. The van der Waals surface area contributed by atoms with E-state index in [1.54, 1.807) is 0 Å². The average Bonchev–Trinajstić information content (AvgIpc) is 0. The predicted octanol–water partition coefficient (Wildman–Crippen LogP) is -1.69. The van der Waals surface area contributed by atoms with Crippen LogP contribution in [0.2, 0.25) is 0 Å². The van der Waals surface area contributed by atoms with Crippen molar-refractivity contribution in [1.29, 1.82) is 0 Å². The van der Waals surface area contributed by atoms with E-state index >= 15 is 0 Å². The quantitative estimate of drug-likeness (QED) is 0.370. The summed E-state index contributed by atoms with van der Waals surface area (Å²) in [4.78, 5) is 0. The second-order valence-electron chi connectivity index (χ2n) is 0. The maximum atomic E-state index is 0. The maximum absolute atomic E-state index is 0. The number of hydrogen-bond acceptors (Lipinski definition) is 0. The van der Waals surface area contributed by atoms with E-state index in [-0.39, 0.29) is 89.0 Å². The monoisotopic (exact) mass is 295 g/mol. The molecule has 0 saturated carbocycles. The van der Waals surface area contributed by atoms with Crippen LogP contribution in [0.4, 0.5) is 0 Å². The zero-order valence-electron chi connectivity index (χ0n) is 3.12. The third-order valence-corrected chi connectivity index (χ3v) is 0. The molecule has 0 spiro atoms. The van der Waals surface area contributed by atoms with Crippen molar-refractivity contribution in [3.8, 4) is 0 Å². The maximum Gasteiger partial charge on any atom is 1.00 e. The number of halogens is 2. The van der Waals surface area contributed by atoms with Crippen molar-refractivity contribution in [2.45, 2.75) is 0 Å². The van der Waals surface area contributed by atoms with Crippen LogP contribution in [-0.4, -0.2) is 0 Å². The Bertz CT molecular complexity index is 11.6. The number of rotatable bonds is 0. The summed E-state index contributed by atoms with van der Waals surface area (Å²) < 4.78 is 0. The minimum atomic E-state index is 0. The molecular formula is H3BrCuINa. The van der Waals surface area contributed by atoms with Gasteiger partial charge in [0.25, 0.3) is 0 Å². The average molecular weight is 296 g/mol. The van der Waals surface area contributed by atoms with E-state index in [9.17, 15) is 0 Å². The Morgan fingerprint density at radius 2 is 1.25 bits per heavy atom. The molecule has 0 amide bonds. The fourth-order valence-electron chi connectivity index (χ4n) is 0. The zero-order valence-corrected chi connectivity index (χ0v) is 9.10. The summed E-state index contributed by atoms with van der Waals surface area (Å²) in [5.74, 6) is 0. The molecule has 0 heterocycles. The van der Waals surface area contributed by atoms with Crippen molar-refractivity contribution in [3.05, 3.63) is 0 Å². The van der Waals surface area contributed by atoms with Crippen molar-refractivity contribution in [2.75, 3.05) is 0 Å². The van der Waals surface area contributed by atoms with E-state index in [4.69, 9.17) is 0 Å². The first-order valence-corrected chi connectivity index (χ1v) is 0. The van der Waals surface area contributed by atoms with Gasteiger partial charge >= 0.3 is 29.6 Å². The van der Waals surface area contributed by atoms with E-state index in [1.807, 2.05) is 0 Å². The standard InChI is InChI=1S/BrH.Cu.HI.Na.H/h1H;;1H;;/q;;;+1;-1. The molecule has 4 heteroatoms. The Morgan fingerprint density at radius 1 is 1.25 bits per heavy atom. The normalized spacial score (nSPS) is 0. The van der Waals surface area contributed by atoms with Crippen LogP contribution in [-0.2, 0) is 17.1 Å². The summed E-state index contributed by atoms with van der Waals surface area (Å²) >= 11 is 0. The van der Waals surface area contributed by atoms with E-state index in [2.05, 4.69) is 0 Å². The summed E-state index contributed by atoms with van der Waals surface area (Å²) in [7, 11) is 0. The Morgan fingerprint density at radius 3 is 1.25 bits per heavy atom. The van der Waals surface area contributed by atoms with Crippen LogP contribution in [0.25, 0.3) is 0 Å². The third kappa shape index (κ3) is 8.83. The van der Waals surface area contributed by atoms with Crippen LogP contribution in [0.5, 0.6) is 0 Å². The molecule has 29 valence electrons. The molecule has 0 aliphatic heterocycles. The molecule has 4 heavy (non-hydrogen) atoms. The topological polar surface area (TPSA) is 0 Å². The Kier molecular flexibility index (Phi) is 128. The van der Waals surface area contributed by atoms with Crippen LogP contribution in [0.1, 0.15) is 1.43 Å². The molecule has 0 N–H and O–H groups in total. The Labute approximate surface area is 87.5 Å². The van der Waals surface area contributed by atoms with Gasteiger partial charge in [0, 0.05) is 17.1 Å². The first-order valence-electron chi connectivity index (χ1n) is 0. The molecule has 0 aromatic rings. The molecule has 0 aromatic carbocycles. The Hall–Kier alpha value is 2.73. The van der Waals surface area contributed by atoms with Gasteiger partial charge in [-0.3, -0.25) is 0 Å².